The third kappa shape index (κ3) is 2.20. The van der Waals surface area contributed by atoms with Gasteiger partial charge in [-0.25, -0.2) is 0 Å². The third-order valence-electron chi connectivity index (χ3n) is 5.35. The van der Waals surface area contributed by atoms with E-state index in [9.17, 15) is 0 Å². The molecule has 3 aliphatic rings. The Bertz CT molecular complexity index is 303. The maximum absolute atomic E-state index is 9.11. The van der Waals surface area contributed by atoms with E-state index in [1.165, 1.54) is 19.3 Å². The van der Waals surface area contributed by atoms with Crippen molar-refractivity contribution in [2.75, 3.05) is 19.8 Å². The molecule has 4 heteroatoms. The summed E-state index contributed by atoms with van der Waals surface area (Å²) >= 11 is 0. The summed E-state index contributed by atoms with van der Waals surface area (Å²) in [6, 6.07) is 0.607. The molecule has 1 spiro atoms. The van der Waals surface area contributed by atoms with E-state index in [2.05, 4.69) is 12.2 Å². The topological polar surface area (TPSA) is 55.3 Å². The Balaban J connectivity index is 1.67. The van der Waals surface area contributed by atoms with Gasteiger partial charge in [-0.1, -0.05) is 0 Å². The monoisotopic (exact) mass is 256 g/mol. The second-order valence-corrected chi connectivity index (χ2v) is 6.53. The van der Waals surface area contributed by atoms with Crippen molar-refractivity contribution in [1.82, 2.24) is 0 Å². The van der Waals surface area contributed by atoms with E-state index in [1.807, 2.05) is 0 Å². The summed E-state index contributed by atoms with van der Waals surface area (Å²) in [6.07, 6.45) is 6.66. The Hall–Kier alpha value is -0.160. The number of hydrogen-bond acceptors (Lipinski definition) is 3. The predicted molar refractivity (Wildman–Crippen MR) is 67.0 cm³/mol. The van der Waals surface area contributed by atoms with E-state index >= 15 is 0 Å². The normalized spacial score (nSPS) is 43.0. The number of hydrogen-bond donors (Lipinski definition) is 2. The highest BCUT2D eigenvalue weighted by Crippen LogP contribution is 2.45. The first-order valence-corrected chi connectivity index (χ1v) is 7.41. The molecule has 0 aromatic carbocycles. The second kappa shape index (κ2) is 4.75. The van der Waals surface area contributed by atoms with Crippen LogP contribution in [0.2, 0.25) is 0 Å². The van der Waals surface area contributed by atoms with Crippen molar-refractivity contribution in [3.8, 4) is 0 Å². The first kappa shape index (κ1) is 12.9. The Morgan fingerprint density at radius 3 is 2.72 bits per heavy atom. The summed E-state index contributed by atoms with van der Waals surface area (Å²) in [5.41, 5.74) is 0.332. The fourth-order valence-corrected chi connectivity index (χ4v) is 4.22. The zero-order valence-corrected chi connectivity index (χ0v) is 11.4. The van der Waals surface area contributed by atoms with E-state index in [4.69, 9.17) is 14.6 Å². The molecule has 0 radical (unpaired) electrons. The van der Waals surface area contributed by atoms with Crippen molar-refractivity contribution in [2.45, 2.75) is 62.8 Å². The molecule has 2 saturated heterocycles. The molecule has 2 heterocycles. The molecule has 0 aromatic heterocycles. The molecular weight excluding hydrogens is 230 g/mol. The van der Waals surface area contributed by atoms with Gasteiger partial charge in [-0.3, -0.25) is 0 Å². The van der Waals surface area contributed by atoms with Crippen LogP contribution in [0.15, 0.2) is 0 Å². The van der Waals surface area contributed by atoms with E-state index in [0.717, 1.165) is 32.5 Å². The molecule has 104 valence electrons. The van der Waals surface area contributed by atoms with Crippen molar-refractivity contribution in [1.29, 1.82) is 0 Å². The van der Waals surface area contributed by atoms with Crippen molar-refractivity contribution < 1.29 is 19.9 Å². The minimum atomic E-state index is -0.248. The van der Waals surface area contributed by atoms with E-state index < -0.39 is 0 Å². The summed E-state index contributed by atoms with van der Waals surface area (Å²) in [5.74, 6) is 0.446. The van der Waals surface area contributed by atoms with Gasteiger partial charge >= 0.3 is 0 Å². The summed E-state index contributed by atoms with van der Waals surface area (Å²) in [7, 11) is 0. The number of nitrogens with two attached hydrogens (primary N) is 1. The number of fused-ring (bicyclic) bond motifs is 1. The molecular formula is C14H26NO3+. The Kier molecular flexibility index (Phi) is 3.39. The van der Waals surface area contributed by atoms with Gasteiger partial charge < -0.3 is 19.9 Å². The molecule has 0 amide bonds. The quantitative estimate of drug-likeness (QED) is 0.752. The van der Waals surface area contributed by atoms with Crippen LogP contribution in [0, 0.1) is 5.92 Å². The lowest BCUT2D eigenvalue weighted by Gasteiger charge is -2.50. The minimum Gasteiger partial charge on any atom is -0.396 e. The number of aliphatic hydroxyl groups excluding tert-OH is 1. The average Bonchev–Trinajstić information content (AvgIpc) is 2.80. The van der Waals surface area contributed by atoms with Crippen LogP contribution in [0.4, 0.5) is 0 Å². The summed E-state index contributed by atoms with van der Waals surface area (Å²) < 4.78 is 11.7. The Morgan fingerprint density at radius 1 is 1.22 bits per heavy atom. The van der Waals surface area contributed by atoms with Gasteiger partial charge in [0, 0.05) is 38.2 Å². The van der Waals surface area contributed by atoms with Gasteiger partial charge in [0.25, 0.3) is 0 Å². The maximum Gasteiger partial charge on any atom is 0.169 e. The highest BCUT2D eigenvalue weighted by atomic mass is 16.7. The standard InChI is InChI=1S/C14H25NO3/c1-13-5-6-14(17-8-9-18-14)10-11(13)2-3-12(15-13)4-7-16/h11-12,15-16H,2-10H2,1H3/p+1/t11-,12-,13+/m1/s1. The average molecular weight is 256 g/mol. The molecule has 2 aliphatic heterocycles. The summed E-state index contributed by atoms with van der Waals surface area (Å²) in [5, 5.41) is 11.6. The van der Waals surface area contributed by atoms with Crippen molar-refractivity contribution in [2.24, 2.45) is 5.92 Å². The lowest BCUT2D eigenvalue weighted by Crippen LogP contribution is -3.04. The number of quaternary nitrogens is 1. The zero-order chi connectivity index (χ0) is 12.6. The third-order valence-corrected chi connectivity index (χ3v) is 5.35. The number of piperidine rings is 1. The minimum absolute atomic E-state index is 0.248. The van der Waals surface area contributed by atoms with Gasteiger partial charge in [0.15, 0.2) is 5.79 Å². The molecule has 3 atom stereocenters. The van der Waals surface area contributed by atoms with Crippen LogP contribution >= 0.6 is 0 Å². The van der Waals surface area contributed by atoms with Gasteiger partial charge in [0.05, 0.1) is 24.8 Å². The van der Waals surface area contributed by atoms with Crippen LogP contribution in [0.1, 0.15) is 45.4 Å². The number of ether oxygens (including phenoxy) is 2. The lowest BCUT2D eigenvalue weighted by atomic mass is 9.66. The maximum atomic E-state index is 9.11. The van der Waals surface area contributed by atoms with Crippen molar-refractivity contribution >= 4 is 0 Å². The van der Waals surface area contributed by atoms with Gasteiger partial charge in [0.2, 0.25) is 0 Å². The van der Waals surface area contributed by atoms with E-state index in [-0.39, 0.29) is 5.79 Å². The molecule has 1 saturated carbocycles. The van der Waals surface area contributed by atoms with Crippen molar-refractivity contribution in [3.63, 3.8) is 0 Å². The molecule has 4 nitrogen and oxygen atoms in total. The molecule has 3 fully saturated rings. The Morgan fingerprint density at radius 2 is 2.00 bits per heavy atom. The van der Waals surface area contributed by atoms with Crippen LogP contribution in [-0.2, 0) is 9.47 Å². The van der Waals surface area contributed by atoms with Gasteiger partial charge in [-0.15, -0.1) is 0 Å². The van der Waals surface area contributed by atoms with Crippen LogP contribution in [-0.4, -0.2) is 42.3 Å². The Labute approximate surface area is 109 Å². The molecule has 3 N–H and O–H groups in total. The van der Waals surface area contributed by atoms with Crippen LogP contribution in [0.3, 0.4) is 0 Å². The van der Waals surface area contributed by atoms with E-state index in [1.54, 1.807) is 0 Å². The number of rotatable bonds is 2. The molecule has 0 aromatic rings. The van der Waals surface area contributed by atoms with E-state index in [0.29, 0.717) is 24.1 Å². The predicted octanol–water partition coefficient (Wildman–Crippen LogP) is 0.397. The first-order chi connectivity index (χ1) is 8.66. The zero-order valence-electron chi connectivity index (χ0n) is 11.4. The largest absolute Gasteiger partial charge is 0.396 e. The number of aliphatic hydroxyl groups is 1. The van der Waals surface area contributed by atoms with Crippen molar-refractivity contribution in [3.05, 3.63) is 0 Å². The van der Waals surface area contributed by atoms with Crippen LogP contribution < -0.4 is 5.32 Å². The SMILES string of the molecule is C[C@]12CCC3(C[C@H]1CC[C@H](CCO)[NH2+]2)OCCO3. The highest BCUT2D eigenvalue weighted by molar-refractivity contribution is 4.96. The fraction of sp³-hybridized carbons (Fsp3) is 1.00. The highest BCUT2D eigenvalue weighted by Gasteiger charge is 2.54. The van der Waals surface area contributed by atoms with Gasteiger partial charge in [-0.2, -0.15) is 0 Å². The summed E-state index contributed by atoms with van der Waals surface area (Å²) in [6.45, 7) is 4.24. The molecule has 1 aliphatic carbocycles. The second-order valence-electron chi connectivity index (χ2n) is 6.53. The van der Waals surface area contributed by atoms with Crippen LogP contribution in [0.25, 0.3) is 0 Å². The molecule has 0 bridgehead atoms. The molecule has 18 heavy (non-hydrogen) atoms. The first-order valence-electron chi connectivity index (χ1n) is 7.41. The summed E-state index contributed by atoms with van der Waals surface area (Å²) in [4.78, 5) is 0. The smallest absolute Gasteiger partial charge is 0.169 e. The van der Waals surface area contributed by atoms with Gasteiger partial charge in [-0.05, 0) is 19.8 Å². The fourth-order valence-electron chi connectivity index (χ4n) is 4.22. The lowest BCUT2D eigenvalue weighted by molar-refractivity contribution is -0.774. The van der Waals surface area contributed by atoms with Gasteiger partial charge in [0.1, 0.15) is 0 Å². The molecule has 3 rings (SSSR count). The molecule has 0 unspecified atom stereocenters. The van der Waals surface area contributed by atoms with Crippen LogP contribution in [0.5, 0.6) is 0 Å².